The van der Waals surface area contributed by atoms with Crippen LogP contribution < -0.4 is 5.73 Å². The fourth-order valence-electron chi connectivity index (χ4n) is 1.09. The summed E-state index contributed by atoms with van der Waals surface area (Å²) in [6.45, 7) is 0. The summed E-state index contributed by atoms with van der Waals surface area (Å²) in [7, 11) is 0. The van der Waals surface area contributed by atoms with Crippen molar-refractivity contribution < 1.29 is 8.78 Å². The van der Waals surface area contributed by atoms with E-state index in [4.69, 9.17) is 5.73 Å². The normalized spacial score (nSPS) is 13.3. The lowest BCUT2D eigenvalue weighted by Gasteiger charge is -2.12. The Hall–Kier alpha value is -0.480. The second-order valence-electron chi connectivity index (χ2n) is 2.75. The molecule has 0 fully saturated rings. The molecule has 1 aromatic carbocycles. The van der Waals surface area contributed by atoms with Crippen molar-refractivity contribution in [2.45, 2.75) is 18.9 Å². The number of rotatable bonds is 3. The summed E-state index contributed by atoms with van der Waals surface area (Å²) in [5, 5.41) is 0. The van der Waals surface area contributed by atoms with Gasteiger partial charge in [0, 0.05) is 16.9 Å². The molecule has 0 saturated carbocycles. The van der Waals surface area contributed by atoms with Crippen molar-refractivity contribution in [1.29, 1.82) is 0 Å². The van der Waals surface area contributed by atoms with E-state index in [1.165, 1.54) is 0 Å². The third-order valence-electron chi connectivity index (χ3n) is 1.74. The van der Waals surface area contributed by atoms with Crippen LogP contribution in [0.15, 0.2) is 28.7 Å². The van der Waals surface area contributed by atoms with Gasteiger partial charge in [0.25, 0.3) is 0 Å². The van der Waals surface area contributed by atoms with Crippen LogP contribution in [0, 0.1) is 0 Å². The first-order chi connectivity index (χ1) is 6.11. The molecule has 0 unspecified atom stereocenters. The molecule has 0 aliphatic heterocycles. The largest absolute Gasteiger partial charge is 0.324 e. The van der Waals surface area contributed by atoms with Gasteiger partial charge in [-0.1, -0.05) is 34.1 Å². The second kappa shape index (κ2) is 4.67. The highest BCUT2D eigenvalue weighted by Crippen LogP contribution is 2.25. The monoisotopic (exact) mass is 249 g/mol. The molecule has 1 nitrogen and oxygen atoms in total. The Morgan fingerprint density at radius 3 is 2.46 bits per heavy atom. The van der Waals surface area contributed by atoms with Gasteiger partial charge in [-0.2, -0.15) is 0 Å². The quantitative estimate of drug-likeness (QED) is 0.876. The molecule has 0 aliphatic carbocycles. The summed E-state index contributed by atoms with van der Waals surface area (Å²) in [4.78, 5) is 0. The standard InChI is InChI=1S/C9H10BrF2N/c10-7-4-2-1-3-6(7)8(13)5-9(11)12/h1-4,8-9H,5,13H2/t8-/m0/s1. The molecule has 1 atom stereocenters. The van der Waals surface area contributed by atoms with Gasteiger partial charge in [0.15, 0.2) is 0 Å². The lowest BCUT2D eigenvalue weighted by molar-refractivity contribution is 0.128. The van der Waals surface area contributed by atoms with Gasteiger partial charge in [-0.3, -0.25) is 0 Å². The first-order valence-electron chi connectivity index (χ1n) is 3.89. The minimum absolute atomic E-state index is 0.303. The highest BCUT2D eigenvalue weighted by atomic mass is 79.9. The zero-order chi connectivity index (χ0) is 9.84. The van der Waals surface area contributed by atoms with Crippen molar-refractivity contribution in [2.24, 2.45) is 5.73 Å². The molecule has 0 aliphatic rings. The minimum atomic E-state index is -2.36. The van der Waals surface area contributed by atoms with E-state index in [9.17, 15) is 8.78 Å². The summed E-state index contributed by atoms with van der Waals surface area (Å²) in [5.74, 6) is 0. The van der Waals surface area contributed by atoms with Crippen LogP contribution in [-0.4, -0.2) is 6.43 Å². The molecule has 1 rings (SSSR count). The Kier molecular flexibility index (Phi) is 3.81. The molecular formula is C9H10BrF2N. The highest BCUT2D eigenvalue weighted by molar-refractivity contribution is 9.10. The van der Waals surface area contributed by atoms with Crippen LogP contribution in [0.4, 0.5) is 8.78 Å². The van der Waals surface area contributed by atoms with Crippen LogP contribution in [0.25, 0.3) is 0 Å². The summed E-state index contributed by atoms with van der Waals surface area (Å²) in [6.07, 6.45) is -2.66. The Balaban J connectivity index is 2.76. The molecular weight excluding hydrogens is 240 g/mol. The lowest BCUT2D eigenvalue weighted by atomic mass is 10.1. The average Bonchev–Trinajstić information content (AvgIpc) is 2.03. The predicted octanol–water partition coefficient (Wildman–Crippen LogP) is 3.10. The first-order valence-corrected chi connectivity index (χ1v) is 4.68. The number of halogens is 3. The molecule has 0 aromatic heterocycles. The van der Waals surface area contributed by atoms with E-state index >= 15 is 0 Å². The Bertz CT molecular complexity index is 278. The van der Waals surface area contributed by atoms with Crippen LogP contribution in [0.1, 0.15) is 18.0 Å². The molecule has 72 valence electrons. The topological polar surface area (TPSA) is 26.0 Å². The predicted molar refractivity (Wildman–Crippen MR) is 51.7 cm³/mol. The van der Waals surface area contributed by atoms with Crippen molar-refractivity contribution in [2.75, 3.05) is 0 Å². The Morgan fingerprint density at radius 1 is 1.31 bits per heavy atom. The highest BCUT2D eigenvalue weighted by Gasteiger charge is 2.14. The zero-order valence-electron chi connectivity index (χ0n) is 6.88. The molecule has 0 spiro atoms. The number of hydrogen-bond acceptors (Lipinski definition) is 1. The van der Waals surface area contributed by atoms with Gasteiger partial charge in [0.05, 0.1) is 0 Å². The molecule has 0 heterocycles. The van der Waals surface area contributed by atoms with E-state index in [1.807, 2.05) is 6.07 Å². The van der Waals surface area contributed by atoms with Crippen molar-refractivity contribution >= 4 is 15.9 Å². The fourth-order valence-corrected chi connectivity index (χ4v) is 1.67. The van der Waals surface area contributed by atoms with Gasteiger partial charge in [0.2, 0.25) is 6.43 Å². The minimum Gasteiger partial charge on any atom is -0.324 e. The van der Waals surface area contributed by atoms with E-state index in [1.54, 1.807) is 18.2 Å². The van der Waals surface area contributed by atoms with Crippen LogP contribution in [0.5, 0.6) is 0 Å². The smallest absolute Gasteiger partial charge is 0.240 e. The van der Waals surface area contributed by atoms with Crippen LogP contribution in [0.2, 0.25) is 0 Å². The van der Waals surface area contributed by atoms with Gasteiger partial charge < -0.3 is 5.73 Å². The van der Waals surface area contributed by atoms with Gasteiger partial charge in [-0.15, -0.1) is 0 Å². The molecule has 4 heteroatoms. The van der Waals surface area contributed by atoms with E-state index in [0.717, 1.165) is 10.0 Å². The van der Waals surface area contributed by atoms with Gasteiger partial charge in [-0.25, -0.2) is 8.78 Å². The fraction of sp³-hybridized carbons (Fsp3) is 0.333. The van der Waals surface area contributed by atoms with Crippen molar-refractivity contribution in [3.8, 4) is 0 Å². The molecule has 13 heavy (non-hydrogen) atoms. The first kappa shape index (κ1) is 10.6. The third kappa shape index (κ3) is 3.04. The van der Waals surface area contributed by atoms with Crippen LogP contribution in [0.3, 0.4) is 0 Å². The molecule has 1 aromatic rings. The maximum absolute atomic E-state index is 12.0. The van der Waals surface area contributed by atoms with E-state index < -0.39 is 12.5 Å². The Morgan fingerprint density at radius 2 is 1.92 bits per heavy atom. The van der Waals surface area contributed by atoms with Gasteiger partial charge in [-0.05, 0) is 11.6 Å². The summed E-state index contributed by atoms with van der Waals surface area (Å²) in [5.41, 5.74) is 6.31. The van der Waals surface area contributed by atoms with Crippen molar-refractivity contribution in [3.63, 3.8) is 0 Å². The number of alkyl halides is 2. The van der Waals surface area contributed by atoms with E-state index in [2.05, 4.69) is 15.9 Å². The summed E-state index contributed by atoms with van der Waals surface area (Å²) < 4.78 is 24.8. The molecule has 0 amide bonds. The van der Waals surface area contributed by atoms with Gasteiger partial charge in [0.1, 0.15) is 0 Å². The number of nitrogens with two attached hydrogens (primary N) is 1. The average molecular weight is 250 g/mol. The van der Waals surface area contributed by atoms with Crippen LogP contribution in [-0.2, 0) is 0 Å². The molecule has 2 N–H and O–H groups in total. The maximum Gasteiger partial charge on any atom is 0.240 e. The maximum atomic E-state index is 12.0. The zero-order valence-corrected chi connectivity index (χ0v) is 8.47. The molecule has 0 bridgehead atoms. The van der Waals surface area contributed by atoms with E-state index in [-0.39, 0.29) is 6.42 Å². The number of hydrogen-bond donors (Lipinski definition) is 1. The summed E-state index contributed by atoms with van der Waals surface area (Å²) >= 11 is 3.26. The van der Waals surface area contributed by atoms with Crippen molar-refractivity contribution in [3.05, 3.63) is 34.3 Å². The van der Waals surface area contributed by atoms with Crippen molar-refractivity contribution in [1.82, 2.24) is 0 Å². The SMILES string of the molecule is N[C@@H](CC(F)F)c1ccccc1Br. The third-order valence-corrected chi connectivity index (χ3v) is 2.46. The summed E-state index contributed by atoms with van der Waals surface area (Å²) in [6, 6.07) is 6.54. The van der Waals surface area contributed by atoms with E-state index in [0.29, 0.717) is 0 Å². The number of benzene rings is 1. The van der Waals surface area contributed by atoms with Crippen LogP contribution >= 0.6 is 15.9 Å². The Labute approximate surface area is 84.1 Å². The molecule has 0 saturated heterocycles. The lowest BCUT2D eigenvalue weighted by Crippen LogP contribution is -2.14. The van der Waals surface area contributed by atoms with Gasteiger partial charge >= 0.3 is 0 Å². The second-order valence-corrected chi connectivity index (χ2v) is 3.61. The molecule has 0 radical (unpaired) electrons.